The second-order valence-electron chi connectivity index (χ2n) is 6.51. The predicted molar refractivity (Wildman–Crippen MR) is 109 cm³/mol. The Morgan fingerprint density at radius 1 is 1.00 bits per heavy atom. The molecule has 32 heavy (non-hydrogen) atoms. The molecule has 166 valence electrons. The van der Waals surface area contributed by atoms with E-state index in [4.69, 9.17) is 16.0 Å². The van der Waals surface area contributed by atoms with E-state index in [0.29, 0.717) is 21.9 Å². The van der Waals surface area contributed by atoms with Crippen molar-refractivity contribution >= 4 is 34.3 Å². The van der Waals surface area contributed by atoms with Gasteiger partial charge in [-0.25, -0.2) is 15.1 Å². The lowest BCUT2D eigenvalue weighted by molar-refractivity contribution is -0.200. The van der Waals surface area contributed by atoms with E-state index >= 15 is 0 Å². The molecule has 0 unspecified atom stereocenters. The highest BCUT2D eigenvalue weighted by molar-refractivity contribution is 6.00. The van der Waals surface area contributed by atoms with Gasteiger partial charge >= 0.3 is 18.2 Å². The number of fused-ring (bicyclic) bond motifs is 1. The number of amidine groups is 1. The molecule has 11 heteroatoms. The number of nitrogens with one attached hydrogen (secondary N) is 2. The van der Waals surface area contributed by atoms with E-state index in [0.717, 1.165) is 0 Å². The molecule has 8 nitrogen and oxygen atoms in total. The van der Waals surface area contributed by atoms with Crippen LogP contribution in [0.15, 0.2) is 66.7 Å². The number of hydrogen-bond donors (Lipinski definition) is 3. The number of nitrogens with two attached hydrogens (primary N) is 1. The first-order valence-corrected chi connectivity index (χ1v) is 9.08. The monoisotopic (exact) mass is 446 g/mol. The second kappa shape index (κ2) is 9.35. The van der Waals surface area contributed by atoms with E-state index in [1.54, 1.807) is 42.5 Å². The maximum absolute atomic E-state index is 12.7. The highest BCUT2D eigenvalue weighted by atomic mass is 19.4. The van der Waals surface area contributed by atoms with Crippen LogP contribution in [0.5, 0.6) is 0 Å². The predicted octanol–water partition coefficient (Wildman–Crippen LogP) is 3.79. The Hall–Kier alpha value is -4.12. The van der Waals surface area contributed by atoms with Crippen LogP contribution in [0.3, 0.4) is 0 Å². The summed E-state index contributed by atoms with van der Waals surface area (Å²) in [7, 11) is 0. The van der Waals surface area contributed by atoms with Gasteiger partial charge in [-0.05, 0) is 34.5 Å². The van der Waals surface area contributed by atoms with Crippen LogP contribution in [-0.2, 0) is 21.1 Å². The van der Waals surface area contributed by atoms with Gasteiger partial charge in [0.25, 0.3) is 0 Å². The molecular formula is C21H17F3N4O4. The van der Waals surface area contributed by atoms with Crippen molar-refractivity contribution in [3.05, 3.63) is 77.9 Å². The number of nitrogens with zero attached hydrogens (tertiary/aromatic N) is 1. The zero-order valence-corrected chi connectivity index (χ0v) is 16.3. The van der Waals surface area contributed by atoms with Crippen LogP contribution >= 0.6 is 0 Å². The third kappa shape index (κ3) is 5.52. The number of hydrogen-bond acceptors (Lipinski definition) is 5. The summed E-state index contributed by atoms with van der Waals surface area (Å²) < 4.78 is 38.2. The van der Waals surface area contributed by atoms with Crippen LogP contribution < -0.4 is 16.3 Å². The van der Waals surface area contributed by atoms with E-state index < -0.39 is 18.2 Å². The molecule has 0 heterocycles. The van der Waals surface area contributed by atoms with Crippen molar-refractivity contribution in [3.8, 4) is 0 Å². The first-order valence-electron chi connectivity index (χ1n) is 9.08. The van der Waals surface area contributed by atoms with E-state index in [1.165, 1.54) is 24.3 Å². The van der Waals surface area contributed by atoms with Gasteiger partial charge in [0.05, 0.1) is 12.3 Å². The molecule has 0 saturated heterocycles. The fourth-order valence-electron chi connectivity index (χ4n) is 2.67. The first kappa shape index (κ1) is 22.6. The van der Waals surface area contributed by atoms with Crippen LogP contribution in [0.25, 0.3) is 10.8 Å². The summed E-state index contributed by atoms with van der Waals surface area (Å²) in [6, 6.07) is 16.2. The number of anilines is 1. The minimum absolute atomic E-state index is 0.0703. The van der Waals surface area contributed by atoms with Crippen molar-refractivity contribution in [1.29, 1.82) is 5.41 Å². The van der Waals surface area contributed by atoms with Gasteiger partial charge < -0.3 is 10.6 Å². The van der Waals surface area contributed by atoms with Crippen molar-refractivity contribution in [2.45, 2.75) is 12.8 Å². The number of nitrogen functional groups attached to an aromatic ring is 1. The van der Waals surface area contributed by atoms with Crippen molar-refractivity contribution in [3.63, 3.8) is 0 Å². The van der Waals surface area contributed by atoms with Gasteiger partial charge in [0.1, 0.15) is 5.84 Å². The molecule has 0 saturated carbocycles. The molecule has 3 rings (SSSR count). The van der Waals surface area contributed by atoms with Crippen molar-refractivity contribution in [2.24, 2.45) is 5.73 Å². The fourth-order valence-corrected chi connectivity index (χ4v) is 2.67. The molecule has 0 atom stereocenters. The fraction of sp³-hybridized carbons (Fsp3) is 0.0952. The molecule has 0 bridgehead atoms. The van der Waals surface area contributed by atoms with E-state index in [1.807, 2.05) is 5.48 Å². The number of carbonyl (C=O) groups excluding carboxylic acids is 2. The standard InChI is InChI=1S/C21H17F3N4O4/c22-21(23,24)19(29)32-28(20(30)27-31-12-13-4-2-1-3-5-13)17-9-8-14-10-16(18(25)26)7-6-15(14)11-17/h1-11H,12H2,(H3,25,26)(H,27,30). The number of carbonyl (C=O) groups is 2. The Bertz CT molecular complexity index is 1150. The van der Waals surface area contributed by atoms with Crippen molar-refractivity contribution < 1.29 is 32.4 Å². The number of hydroxylamine groups is 2. The van der Waals surface area contributed by atoms with Crippen LogP contribution in [0.1, 0.15) is 11.1 Å². The quantitative estimate of drug-likeness (QED) is 0.313. The Morgan fingerprint density at radius 3 is 2.31 bits per heavy atom. The van der Waals surface area contributed by atoms with Crippen LogP contribution in [0.2, 0.25) is 0 Å². The third-order valence-corrected chi connectivity index (χ3v) is 4.20. The number of benzene rings is 3. The molecule has 0 aromatic heterocycles. The van der Waals surface area contributed by atoms with Gasteiger partial charge in [-0.15, -0.1) is 5.06 Å². The lowest BCUT2D eigenvalue weighted by Gasteiger charge is -2.22. The third-order valence-electron chi connectivity index (χ3n) is 4.20. The summed E-state index contributed by atoms with van der Waals surface area (Å²) in [6.07, 6.45) is -5.32. The van der Waals surface area contributed by atoms with E-state index in [-0.39, 0.29) is 23.2 Å². The highest BCUT2D eigenvalue weighted by Gasteiger charge is 2.43. The topological polar surface area (TPSA) is 118 Å². The average molecular weight is 446 g/mol. The van der Waals surface area contributed by atoms with Crippen LogP contribution in [0.4, 0.5) is 23.7 Å². The number of rotatable bonds is 5. The molecule has 0 spiro atoms. The molecule has 0 aliphatic carbocycles. The Balaban J connectivity index is 1.84. The van der Waals surface area contributed by atoms with Crippen molar-refractivity contribution in [1.82, 2.24) is 5.48 Å². The van der Waals surface area contributed by atoms with Crippen LogP contribution in [-0.4, -0.2) is 24.0 Å². The number of halogens is 3. The molecule has 0 radical (unpaired) electrons. The molecule has 3 aromatic carbocycles. The SMILES string of the molecule is N=C(N)c1ccc2cc(N(OC(=O)C(F)(F)F)C(=O)NOCc3ccccc3)ccc2c1. The summed E-state index contributed by atoms with van der Waals surface area (Å²) >= 11 is 0. The van der Waals surface area contributed by atoms with Gasteiger partial charge in [0.2, 0.25) is 0 Å². The number of alkyl halides is 3. The molecule has 4 N–H and O–H groups in total. The van der Waals surface area contributed by atoms with Crippen molar-refractivity contribution in [2.75, 3.05) is 5.06 Å². The zero-order chi connectivity index (χ0) is 23.3. The van der Waals surface area contributed by atoms with Gasteiger partial charge in [0.15, 0.2) is 0 Å². The van der Waals surface area contributed by atoms with Gasteiger partial charge in [-0.1, -0.05) is 48.5 Å². The molecule has 0 aliphatic rings. The summed E-state index contributed by atoms with van der Waals surface area (Å²) in [5, 5.41) is 8.73. The average Bonchev–Trinajstić information content (AvgIpc) is 2.76. The second-order valence-corrected chi connectivity index (χ2v) is 6.51. The van der Waals surface area contributed by atoms with Gasteiger partial charge in [0, 0.05) is 5.56 Å². The Morgan fingerprint density at radius 2 is 1.66 bits per heavy atom. The highest BCUT2D eigenvalue weighted by Crippen LogP contribution is 2.26. The smallest absolute Gasteiger partial charge is 0.384 e. The molecular weight excluding hydrogens is 429 g/mol. The van der Waals surface area contributed by atoms with Crippen LogP contribution in [0, 0.1) is 5.41 Å². The lowest BCUT2D eigenvalue weighted by atomic mass is 10.1. The Labute approximate surface area is 179 Å². The largest absolute Gasteiger partial charge is 0.493 e. The van der Waals surface area contributed by atoms with Gasteiger partial charge in [-0.3, -0.25) is 10.2 Å². The maximum Gasteiger partial charge on any atom is 0.493 e. The summed E-state index contributed by atoms with van der Waals surface area (Å²) in [5.74, 6) is -2.74. The first-order chi connectivity index (χ1) is 15.1. The molecule has 0 aliphatic heterocycles. The van der Waals surface area contributed by atoms with Gasteiger partial charge in [-0.2, -0.15) is 13.2 Å². The lowest BCUT2D eigenvalue weighted by Crippen LogP contribution is -2.44. The molecule has 2 amide bonds. The summed E-state index contributed by atoms with van der Waals surface area (Å²) in [5.41, 5.74) is 8.38. The molecule has 0 fully saturated rings. The number of urea groups is 1. The zero-order valence-electron chi connectivity index (χ0n) is 16.3. The maximum atomic E-state index is 12.7. The van der Waals surface area contributed by atoms with E-state index in [2.05, 4.69) is 4.84 Å². The summed E-state index contributed by atoms with van der Waals surface area (Å²) in [6.45, 7) is -0.0703. The normalized spacial score (nSPS) is 11.1. The Kier molecular flexibility index (Phi) is 6.59. The van der Waals surface area contributed by atoms with E-state index in [9.17, 15) is 22.8 Å². The molecule has 3 aromatic rings. The minimum Gasteiger partial charge on any atom is -0.384 e. The summed E-state index contributed by atoms with van der Waals surface area (Å²) in [4.78, 5) is 33.2. The number of amides is 2. The minimum atomic E-state index is -5.32.